The van der Waals surface area contributed by atoms with E-state index in [-0.39, 0.29) is 13.0 Å². The minimum atomic E-state index is -0.957. The molecule has 82 valence electrons. The third-order valence-corrected chi connectivity index (χ3v) is 1.98. The van der Waals surface area contributed by atoms with Crippen molar-refractivity contribution in [2.75, 3.05) is 6.61 Å². The molecule has 0 aliphatic carbocycles. The molecule has 1 aromatic carbocycles. The van der Waals surface area contributed by atoms with Gasteiger partial charge in [-0.05, 0) is 18.1 Å². The molecule has 0 fully saturated rings. The van der Waals surface area contributed by atoms with Crippen molar-refractivity contribution in [2.24, 2.45) is 0 Å². The van der Waals surface area contributed by atoms with Crippen molar-refractivity contribution in [2.45, 2.75) is 19.1 Å². The van der Waals surface area contributed by atoms with E-state index in [9.17, 15) is 5.11 Å². The summed E-state index contributed by atoms with van der Waals surface area (Å²) in [7, 11) is 0. The number of aliphatic hydroxyl groups excluding tert-OH is 2. The SMILES string of the molecule is C=CCc1ccccc1OC(O)CCO. The van der Waals surface area contributed by atoms with E-state index in [0.717, 1.165) is 5.56 Å². The summed E-state index contributed by atoms with van der Waals surface area (Å²) in [5.74, 6) is 0.637. The van der Waals surface area contributed by atoms with Crippen molar-refractivity contribution < 1.29 is 14.9 Å². The van der Waals surface area contributed by atoms with E-state index < -0.39 is 6.29 Å². The molecule has 0 spiro atoms. The Hall–Kier alpha value is -1.32. The van der Waals surface area contributed by atoms with Gasteiger partial charge < -0.3 is 14.9 Å². The Kier molecular flexibility index (Phi) is 4.87. The minimum absolute atomic E-state index is 0.0925. The van der Waals surface area contributed by atoms with Gasteiger partial charge in [-0.25, -0.2) is 0 Å². The van der Waals surface area contributed by atoms with Gasteiger partial charge in [0.05, 0.1) is 0 Å². The fourth-order valence-electron chi connectivity index (χ4n) is 1.26. The van der Waals surface area contributed by atoms with Gasteiger partial charge in [0.15, 0.2) is 6.29 Å². The standard InChI is InChI=1S/C12H16O3/c1-2-5-10-6-3-4-7-11(10)15-12(14)8-9-13/h2-4,6-7,12-14H,1,5,8-9H2. The first kappa shape index (κ1) is 11.8. The van der Waals surface area contributed by atoms with Gasteiger partial charge in [0.1, 0.15) is 5.75 Å². The topological polar surface area (TPSA) is 49.7 Å². The van der Waals surface area contributed by atoms with E-state index in [1.54, 1.807) is 12.1 Å². The largest absolute Gasteiger partial charge is 0.465 e. The summed E-state index contributed by atoms with van der Waals surface area (Å²) in [4.78, 5) is 0. The number of para-hydroxylation sites is 1. The molecule has 0 radical (unpaired) electrons. The van der Waals surface area contributed by atoms with Crippen LogP contribution in [0.15, 0.2) is 36.9 Å². The summed E-state index contributed by atoms with van der Waals surface area (Å²) in [6, 6.07) is 7.46. The molecule has 2 N–H and O–H groups in total. The highest BCUT2D eigenvalue weighted by atomic mass is 16.6. The predicted molar refractivity (Wildman–Crippen MR) is 58.7 cm³/mol. The van der Waals surface area contributed by atoms with Gasteiger partial charge in [-0.1, -0.05) is 24.3 Å². The molecule has 0 heterocycles. The van der Waals surface area contributed by atoms with E-state index in [1.165, 1.54) is 0 Å². The fourth-order valence-corrected chi connectivity index (χ4v) is 1.26. The van der Waals surface area contributed by atoms with Gasteiger partial charge in [-0.3, -0.25) is 0 Å². The second kappa shape index (κ2) is 6.22. The summed E-state index contributed by atoms with van der Waals surface area (Å²) in [5, 5.41) is 18.0. The van der Waals surface area contributed by atoms with Crippen LogP contribution in [0.1, 0.15) is 12.0 Å². The maximum Gasteiger partial charge on any atom is 0.199 e. The molecule has 0 aliphatic heterocycles. The average Bonchev–Trinajstić information content (AvgIpc) is 2.21. The predicted octanol–water partition coefficient (Wildman–Crippen LogP) is 1.49. The molecule has 0 saturated carbocycles. The van der Waals surface area contributed by atoms with E-state index in [1.807, 2.05) is 18.2 Å². The van der Waals surface area contributed by atoms with Crippen LogP contribution in [-0.2, 0) is 6.42 Å². The van der Waals surface area contributed by atoms with Crippen LogP contribution in [0.3, 0.4) is 0 Å². The van der Waals surface area contributed by atoms with Crippen molar-refractivity contribution in [3.63, 3.8) is 0 Å². The molecule has 0 aromatic heterocycles. The molecule has 3 heteroatoms. The zero-order chi connectivity index (χ0) is 11.1. The van der Waals surface area contributed by atoms with E-state index >= 15 is 0 Å². The Labute approximate surface area is 89.6 Å². The Bertz CT molecular complexity index is 309. The van der Waals surface area contributed by atoms with Crippen LogP contribution in [-0.4, -0.2) is 23.1 Å². The molecule has 1 atom stereocenters. The zero-order valence-electron chi connectivity index (χ0n) is 8.60. The van der Waals surface area contributed by atoms with Crippen LogP contribution >= 0.6 is 0 Å². The number of ether oxygens (including phenoxy) is 1. The van der Waals surface area contributed by atoms with Crippen molar-refractivity contribution in [3.05, 3.63) is 42.5 Å². The maximum atomic E-state index is 9.39. The molecule has 3 nitrogen and oxygen atoms in total. The Balaban J connectivity index is 2.70. The van der Waals surface area contributed by atoms with E-state index in [4.69, 9.17) is 9.84 Å². The number of rotatable bonds is 6. The second-order valence-corrected chi connectivity index (χ2v) is 3.19. The zero-order valence-corrected chi connectivity index (χ0v) is 8.60. The molecule has 15 heavy (non-hydrogen) atoms. The highest BCUT2D eigenvalue weighted by molar-refractivity contribution is 5.34. The highest BCUT2D eigenvalue weighted by Crippen LogP contribution is 2.20. The first-order valence-corrected chi connectivity index (χ1v) is 4.92. The quantitative estimate of drug-likeness (QED) is 0.550. The maximum absolute atomic E-state index is 9.39. The van der Waals surface area contributed by atoms with Gasteiger partial charge in [0.2, 0.25) is 0 Å². The van der Waals surface area contributed by atoms with Crippen LogP contribution in [0.25, 0.3) is 0 Å². The molecule has 0 aliphatic rings. The lowest BCUT2D eigenvalue weighted by Crippen LogP contribution is -2.17. The van der Waals surface area contributed by atoms with Crippen LogP contribution in [0, 0.1) is 0 Å². The Morgan fingerprint density at radius 2 is 2.13 bits per heavy atom. The van der Waals surface area contributed by atoms with Crippen LogP contribution in [0.2, 0.25) is 0 Å². The molecule has 0 saturated heterocycles. The van der Waals surface area contributed by atoms with Gasteiger partial charge in [0, 0.05) is 13.0 Å². The second-order valence-electron chi connectivity index (χ2n) is 3.19. The summed E-state index contributed by atoms with van der Waals surface area (Å²) in [6.45, 7) is 3.56. The normalized spacial score (nSPS) is 12.1. The smallest absolute Gasteiger partial charge is 0.199 e. The lowest BCUT2D eigenvalue weighted by molar-refractivity contribution is -0.0332. The third kappa shape index (κ3) is 3.73. The average molecular weight is 208 g/mol. The van der Waals surface area contributed by atoms with Crippen LogP contribution < -0.4 is 4.74 Å². The molecular weight excluding hydrogens is 192 g/mol. The van der Waals surface area contributed by atoms with Crippen molar-refractivity contribution >= 4 is 0 Å². The van der Waals surface area contributed by atoms with Gasteiger partial charge >= 0.3 is 0 Å². The lowest BCUT2D eigenvalue weighted by atomic mass is 10.1. The molecular formula is C12H16O3. The van der Waals surface area contributed by atoms with Crippen LogP contribution in [0.4, 0.5) is 0 Å². The fraction of sp³-hybridized carbons (Fsp3) is 0.333. The van der Waals surface area contributed by atoms with Crippen molar-refractivity contribution in [3.8, 4) is 5.75 Å². The number of aliphatic hydroxyl groups is 2. The van der Waals surface area contributed by atoms with E-state index in [2.05, 4.69) is 6.58 Å². The summed E-state index contributed by atoms with van der Waals surface area (Å²) in [6.07, 6.45) is 1.73. The molecule has 1 rings (SSSR count). The summed E-state index contributed by atoms with van der Waals surface area (Å²) < 4.78 is 5.29. The summed E-state index contributed by atoms with van der Waals surface area (Å²) in [5.41, 5.74) is 0.976. The highest BCUT2D eigenvalue weighted by Gasteiger charge is 2.07. The minimum Gasteiger partial charge on any atom is -0.465 e. The summed E-state index contributed by atoms with van der Waals surface area (Å²) >= 11 is 0. The number of hydrogen-bond acceptors (Lipinski definition) is 3. The monoisotopic (exact) mass is 208 g/mol. The van der Waals surface area contributed by atoms with Crippen molar-refractivity contribution in [1.82, 2.24) is 0 Å². The first-order valence-electron chi connectivity index (χ1n) is 4.92. The third-order valence-electron chi connectivity index (χ3n) is 1.98. The lowest BCUT2D eigenvalue weighted by Gasteiger charge is -2.14. The molecule has 1 unspecified atom stereocenters. The Morgan fingerprint density at radius 3 is 2.80 bits per heavy atom. The van der Waals surface area contributed by atoms with Gasteiger partial charge in [0.25, 0.3) is 0 Å². The van der Waals surface area contributed by atoms with E-state index in [0.29, 0.717) is 12.2 Å². The molecule has 0 amide bonds. The van der Waals surface area contributed by atoms with Crippen LogP contribution in [0.5, 0.6) is 5.75 Å². The van der Waals surface area contributed by atoms with Crippen molar-refractivity contribution in [1.29, 1.82) is 0 Å². The molecule has 0 bridgehead atoms. The molecule has 1 aromatic rings. The Morgan fingerprint density at radius 1 is 1.40 bits per heavy atom. The van der Waals surface area contributed by atoms with Gasteiger partial charge in [-0.2, -0.15) is 0 Å². The number of hydrogen-bond donors (Lipinski definition) is 2. The number of allylic oxidation sites excluding steroid dienone is 1. The first-order chi connectivity index (χ1) is 7.27. The number of benzene rings is 1. The van der Waals surface area contributed by atoms with Gasteiger partial charge in [-0.15, -0.1) is 6.58 Å².